The molecule has 1 amide bonds. The summed E-state index contributed by atoms with van der Waals surface area (Å²) in [6.45, 7) is 0.283. The number of β-amino-alcohol motifs (C(OH)–C–C–N with tert-alkyl or cyclic N) is 2. The summed E-state index contributed by atoms with van der Waals surface area (Å²) in [5, 5.41) is 27.5. The van der Waals surface area contributed by atoms with Crippen LogP contribution in [0.3, 0.4) is 0 Å². The average Bonchev–Trinajstić information content (AvgIpc) is 2.76. The molecule has 0 bridgehead atoms. The quantitative estimate of drug-likeness (QED) is 0.739. The second-order valence-electron chi connectivity index (χ2n) is 4.45. The van der Waals surface area contributed by atoms with Crippen molar-refractivity contribution < 1.29 is 15.0 Å². The third-order valence-corrected chi connectivity index (χ3v) is 3.00. The van der Waals surface area contributed by atoms with Crippen molar-refractivity contribution in [3.63, 3.8) is 0 Å². The van der Waals surface area contributed by atoms with Crippen LogP contribution >= 0.6 is 0 Å². The molecule has 1 fully saturated rings. The van der Waals surface area contributed by atoms with Crippen molar-refractivity contribution in [3.05, 3.63) is 41.5 Å². The van der Waals surface area contributed by atoms with E-state index in [0.29, 0.717) is 5.56 Å². The van der Waals surface area contributed by atoms with E-state index in [1.165, 1.54) is 11.0 Å². The highest BCUT2D eigenvalue weighted by Crippen LogP contribution is 2.11. The summed E-state index contributed by atoms with van der Waals surface area (Å²) >= 11 is 0. The lowest BCUT2D eigenvalue weighted by molar-refractivity contribution is -0.125. The van der Waals surface area contributed by atoms with E-state index in [4.69, 9.17) is 5.26 Å². The molecular formula is C14H14N2O3. The topological polar surface area (TPSA) is 84.6 Å². The highest BCUT2D eigenvalue weighted by Gasteiger charge is 2.31. The minimum Gasteiger partial charge on any atom is -0.388 e. The molecule has 2 rings (SSSR count). The largest absolute Gasteiger partial charge is 0.388 e. The molecule has 1 heterocycles. The molecule has 1 saturated heterocycles. The molecule has 19 heavy (non-hydrogen) atoms. The maximum atomic E-state index is 11.8. The summed E-state index contributed by atoms with van der Waals surface area (Å²) in [7, 11) is 0. The number of carbonyl (C=O) groups excluding carboxylic acids is 1. The van der Waals surface area contributed by atoms with Crippen LogP contribution in [0.25, 0.3) is 6.08 Å². The molecule has 5 heteroatoms. The van der Waals surface area contributed by atoms with Gasteiger partial charge in [0, 0.05) is 19.2 Å². The molecule has 0 unspecified atom stereocenters. The molecule has 0 saturated carbocycles. The molecule has 98 valence electrons. The van der Waals surface area contributed by atoms with E-state index in [0.717, 1.165) is 5.56 Å². The molecule has 0 radical (unpaired) electrons. The fraction of sp³-hybridized carbons (Fsp3) is 0.286. The summed E-state index contributed by atoms with van der Waals surface area (Å²) in [6.07, 6.45) is 1.24. The van der Waals surface area contributed by atoms with Crippen molar-refractivity contribution in [2.24, 2.45) is 0 Å². The Kier molecular flexibility index (Phi) is 3.95. The number of benzene rings is 1. The molecule has 2 N–H and O–H groups in total. The van der Waals surface area contributed by atoms with Crippen molar-refractivity contribution in [2.75, 3.05) is 13.1 Å². The summed E-state index contributed by atoms with van der Waals surface area (Å²) in [6, 6.07) is 8.92. The third-order valence-electron chi connectivity index (χ3n) is 3.00. The molecule has 0 aliphatic carbocycles. The Morgan fingerprint density at radius 2 is 2.05 bits per heavy atom. The smallest absolute Gasteiger partial charge is 0.246 e. The molecule has 1 aliphatic heterocycles. The van der Waals surface area contributed by atoms with Gasteiger partial charge in [0.25, 0.3) is 0 Å². The molecule has 1 aliphatic rings. The lowest BCUT2D eigenvalue weighted by Gasteiger charge is -2.11. The first-order valence-corrected chi connectivity index (χ1v) is 5.93. The van der Waals surface area contributed by atoms with Gasteiger partial charge >= 0.3 is 0 Å². The number of nitrogens with zero attached hydrogens (tertiary/aromatic N) is 2. The highest BCUT2D eigenvalue weighted by atomic mass is 16.3. The molecular weight excluding hydrogens is 244 g/mol. The molecule has 0 spiro atoms. The van der Waals surface area contributed by atoms with Crippen LogP contribution in [-0.2, 0) is 4.79 Å². The SMILES string of the molecule is N#Cc1cccc(C=CC(=O)N2C[C@@H](O)[C@@H](O)C2)c1. The Bertz CT molecular complexity index is 538. The number of amides is 1. The van der Waals surface area contributed by atoms with Gasteiger partial charge in [-0.3, -0.25) is 4.79 Å². The van der Waals surface area contributed by atoms with Gasteiger partial charge < -0.3 is 15.1 Å². The predicted octanol–water partition coefficient (Wildman–Crippen LogP) is 0.135. The van der Waals surface area contributed by atoms with Gasteiger partial charge in [0.1, 0.15) is 0 Å². The van der Waals surface area contributed by atoms with Gasteiger partial charge in [0.15, 0.2) is 0 Å². The minimum absolute atomic E-state index is 0.141. The number of hydrogen-bond donors (Lipinski definition) is 2. The maximum absolute atomic E-state index is 11.8. The van der Waals surface area contributed by atoms with E-state index in [2.05, 4.69) is 0 Å². The molecule has 1 aromatic carbocycles. The second kappa shape index (κ2) is 5.65. The minimum atomic E-state index is -0.876. The van der Waals surface area contributed by atoms with Crippen LogP contribution in [0.5, 0.6) is 0 Å². The Morgan fingerprint density at radius 3 is 2.68 bits per heavy atom. The average molecular weight is 258 g/mol. The summed E-state index contributed by atoms with van der Waals surface area (Å²) in [5.41, 5.74) is 1.29. The van der Waals surface area contributed by atoms with Gasteiger partial charge in [-0.25, -0.2) is 0 Å². The number of likely N-dealkylation sites (tertiary alicyclic amines) is 1. The zero-order valence-electron chi connectivity index (χ0n) is 10.2. The lowest BCUT2D eigenvalue weighted by Crippen LogP contribution is -2.27. The molecule has 2 atom stereocenters. The molecule has 5 nitrogen and oxygen atoms in total. The fourth-order valence-corrected chi connectivity index (χ4v) is 1.93. The van der Waals surface area contributed by atoms with E-state index in [1.807, 2.05) is 6.07 Å². The number of aliphatic hydroxyl groups excluding tert-OH is 2. The maximum Gasteiger partial charge on any atom is 0.246 e. The van der Waals surface area contributed by atoms with Crippen molar-refractivity contribution in [2.45, 2.75) is 12.2 Å². The summed E-state index contributed by atoms with van der Waals surface area (Å²) in [5.74, 6) is -0.266. The van der Waals surface area contributed by atoms with E-state index in [-0.39, 0.29) is 19.0 Å². The van der Waals surface area contributed by atoms with E-state index < -0.39 is 12.2 Å². The molecule has 1 aromatic rings. The normalized spacial score (nSPS) is 22.7. The number of hydrogen-bond acceptors (Lipinski definition) is 4. The second-order valence-corrected chi connectivity index (χ2v) is 4.45. The third kappa shape index (κ3) is 3.19. The van der Waals surface area contributed by atoms with Crippen LogP contribution in [-0.4, -0.2) is 46.3 Å². The summed E-state index contributed by atoms with van der Waals surface area (Å²) < 4.78 is 0. The predicted molar refractivity (Wildman–Crippen MR) is 68.8 cm³/mol. The number of aliphatic hydroxyl groups is 2. The van der Waals surface area contributed by atoms with Crippen LogP contribution in [0, 0.1) is 11.3 Å². The fourth-order valence-electron chi connectivity index (χ4n) is 1.93. The van der Waals surface area contributed by atoms with E-state index in [1.54, 1.807) is 30.3 Å². The first-order valence-electron chi connectivity index (χ1n) is 5.93. The van der Waals surface area contributed by atoms with Gasteiger partial charge in [-0.2, -0.15) is 5.26 Å². The first-order chi connectivity index (χ1) is 9.10. The van der Waals surface area contributed by atoms with E-state index >= 15 is 0 Å². The molecule has 0 aromatic heterocycles. The zero-order chi connectivity index (χ0) is 13.8. The van der Waals surface area contributed by atoms with E-state index in [9.17, 15) is 15.0 Å². The van der Waals surface area contributed by atoms with Gasteiger partial charge in [-0.15, -0.1) is 0 Å². The van der Waals surface area contributed by atoms with Gasteiger partial charge in [0.05, 0.1) is 23.8 Å². The van der Waals surface area contributed by atoms with Crippen LogP contribution in [0.2, 0.25) is 0 Å². The monoisotopic (exact) mass is 258 g/mol. The van der Waals surface area contributed by atoms with Crippen molar-refractivity contribution in [1.29, 1.82) is 5.26 Å². The Hall–Kier alpha value is -2.16. The number of nitriles is 1. The lowest BCUT2D eigenvalue weighted by atomic mass is 10.1. The Balaban J connectivity index is 2.02. The van der Waals surface area contributed by atoms with Crippen LogP contribution < -0.4 is 0 Å². The summed E-state index contributed by atoms with van der Waals surface area (Å²) in [4.78, 5) is 13.2. The standard InChI is InChI=1S/C14H14N2O3/c15-7-11-3-1-2-10(6-11)4-5-14(19)16-8-12(17)13(18)9-16/h1-6,12-13,17-18H,8-9H2/t12-,13+. The number of carbonyl (C=O) groups is 1. The Labute approximate surface area is 111 Å². The van der Waals surface area contributed by atoms with Crippen molar-refractivity contribution >= 4 is 12.0 Å². The van der Waals surface area contributed by atoms with Crippen LogP contribution in [0.4, 0.5) is 0 Å². The van der Waals surface area contributed by atoms with Crippen molar-refractivity contribution in [1.82, 2.24) is 4.90 Å². The van der Waals surface area contributed by atoms with Gasteiger partial charge in [0.2, 0.25) is 5.91 Å². The van der Waals surface area contributed by atoms with Crippen molar-refractivity contribution in [3.8, 4) is 6.07 Å². The van der Waals surface area contributed by atoms with Gasteiger partial charge in [-0.1, -0.05) is 12.1 Å². The highest BCUT2D eigenvalue weighted by molar-refractivity contribution is 5.92. The van der Waals surface area contributed by atoms with Crippen LogP contribution in [0.15, 0.2) is 30.3 Å². The van der Waals surface area contributed by atoms with Crippen LogP contribution in [0.1, 0.15) is 11.1 Å². The zero-order valence-corrected chi connectivity index (χ0v) is 10.2. The van der Waals surface area contributed by atoms with Gasteiger partial charge in [-0.05, 0) is 23.8 Å². The Morgan fingerprint density at radius 1 is 1.37 bits per heavy atom. The first kappa shape index (κ1) is 13.3. The number of rotatable bonds is 2.